The zero-order valence-electron chi connectivity index (χ0n) is 13.3. The zero-order valence-corrected chi connectivity index (χ0v) is 14.1. The molecule has 7 nitrogen and oxygen atoms in total. The molecule has 3 rings (SSSR count). The fourth-order valence-corrected chi connectivity index (χ4v) is 3.48. The Hall–Kier alpha value is -2.61. The fraction of sp³-hybridized carbons (Fsp3) is 0.312. The Balaban J connectivity index is 1.91. The van der Waals surface area contributed by atoms with Crippen molar-refractivity contribution in [3.63, 3.8) is 0 Å². The number of aromatic nitrogens is 3. The summed E-state index contributed by atoms with van der Waals surface area (Å²) in [6, 6.07) is 3.82. The summed E-state index contributed by atoms with van der Waals surface area (Å²) in [4.78, 5) is 25.6. The van der Waals surface area contributed by atoms with E-state index in [2.05, 4.69) is 17.0 Å². The second kappa shape index (κ2) is 6.88. The molecule has 0 aliphatic carbocycles. The van der Waals surface area contributed by atoms with Crippen molar-refractivity contribution in [1.82, 2.24) is 19.5 Å². The van der Waals surface area contributed by atoms with E-state index in [0.29, 0.717) is 25.1 Å². The average Bonchev–Trinajstić information content (AvgIpc) is 3.15. The fourth-order valence-electron chi connectivity index (χ4n) is 2.56. The lowest BCUT2D eigenvalue weighted by Crippen LogP contribution is -2.36. The van der Waals surface area contributed by atoms with E-state index in [4.69, 9.17) is 4.74 Å². The monoisotopic (exact) mass is 346 g/mol. The molecule has 126 valence electrons. The Morgan fingerprint density at radius 1 is 1.54 bits per heavy atom. The van der Waals surface area contributed by atoms with Gasteiger partial charge in [-0.15, -0.1) is 11.3 Å². The Labute approximate surface area is 142 Å². The summed E-state index contributed by atoms with van der Waals surface area (Å²) in [6.07, 6.45) is 1.98. The Morgan fingerprint density at radius 3 is 3.12 bits per heavy atom. The second-order valence-corrected chi connectivity index (χ2v) is 6.06. The number of thiophene rings is 1. The van der Waals surface area contributed by atoms with Gasteiger partial charge in [0.1, 0.15) is 29.3 Å². The quantitative estimate of drug-likeness (QED) is 0.520. The topological polar surface area (TPSA) is 77.6 Å². The van der Waals surface area contributed by atoms with Crippen LogP contribution in [0.1, 0.15) is 12.7 Å². The maximum atomic E-state index is 12.6. The van der Waals surface area contributed by atoms with Crippen LogP contribution in [0, 0.1) is 0 Å². The lowest BCUT2D eigenvalue weighted by atomic mass is 10.4. The van der Waals surface area contributed by atoms with E-state index in [0.717, 1.165) is 16.0 Å². The van der Waals surface area contributed by atoms with E-state index >= 15 is 0 Å². The first-order valence-corrected chi connectivity index (χ1v) is 8.51. The standard InChI is InChI=1S/C16H18N4O3S/c1-3-13-18-19(10-14(21)17-6-7-23-4-2)15(22)12-9-11-5-8-24-16(11)20(12)13/h4-5,8-9H,2-3,6-7,10H2,1H3,(H,17,21). The van der Waals surface area contributed by atoms with Gasteiger partial charge in [0.2, 0.25) is 5.91 Å². The molecular formula is C16H18N4O3S. The van der Waals surface area contributed by atoms with E-state index in [1.54, 1.807) is 11.3 Å². The molecule has 1 N–H and O–H groups in total. The Kier molecular flexibility index (Phi) is 4.66. The number of carbonyl (C=O) groups excluding carboxylic acids is 1. The molecule has 0 aliphatic rings. The van der Waals surface area contributed by atoms with Crippen molar-refractivity contribution in [2.45, 2.75) is 19.9 Å². The molecule has 1 amide bonds. The van der Waals surface area contributed by atoms with E-state index in [1.165, 1.54) is 10.9 Å². The van der Waals surface area contributed by atoms with Crippen molar-refractivity contribution in [3.05, 3.63) is 46.5 Å². The minimum absolute atomic E-state index is 0.116. The normalized spacial score (nSPS) is 11.0. The third kappa shape index (κ3) is 2.92. The van der Waals surface area contributed by atoms with Gasteiger partial charge in [0.05, 0.1) is 12.8 Å². The summed E-state index contributed by atoms with van der Waals surface area (Å²) < 4.78 is 8.05. The van der Waals surface area contributed by atoms with Crippen LogP contribution in [0.25, 0.3) is 15.7 Å². The summed E-state index contributed by atoms with van der Waals surface area (Å²) >= 11 is 1.57. The molecule has 0 fully saturated rings. The number of amides is 1. The van der Waals surface area contributed by atoms with E-state index in [-0.39, 0.29) is 18.0 Å². The first-order valence-electron chi connectivity index (χ1n) is 7.63. The number of aryl methyl sites for hydroxylation is 1. The van der Waals surface area contributed by atoms with Gasteiger partial charge in [-0.2, -0.15) is 5.10 Å². The highest BCUT2D eigenvalue weighted by atomic mass is 32.1. The predicted molar refractivity (Wildman–Crippen MR) is 93.4 cm³/mol. The number of nitrogens with zero attached hydrogens (tertiary/aromatic N) is 3. The van der Waals surface area contributed by atoms with Gasteiger partial charge in [0.15, 0.2) is 0 Å². The maximum Gasteiger partial charge on any atom is 0.291 e. The number of fused-ring (bicyclic) bond motifs is 3. The highest BCUT2D eigenvalue weighted by molar-refractivity contribution is 7.16. The SMILES string of the molecule is C=COCCNC(=O)Cn1nc(CC)n2c(cc3ccsc32)c1=O. The van der Waals surface area contributed by atoms with Crippen molar-refractivity contribution >= 4 is 33.0 Å². The van der Waals surface area contributed by atoms with Gasteiger partial charge in [0, 0.05) is 11.8 Å². The van der Waals surface area contributed by atoms with Gasteiger partial charge in [-0.1, -0.05) is 13.5 Å². The molecule has 0 aromatic carbocycles. The van der Waals surface area contributed by atoms with Gasteiger partial charge in [-0.05, 0) is 17.5 Å². The summed E-state index contributed by atoms with van der Waals surface area (Å²) in [5.41, 5.74) is 0.277. The molecule has 3 aromatic heterocycles. The van der Waals surface area contributed by atoms with E-state index in [9.17, 15) is 9.59 Å². The number of nitrogens with one attached hydrogen (secondary N) is 1. The number of rotatable bonds is 7. The first kappa shape index (κ1) is 16.3. The van der Waals surface area contributed by atoms with Crippen molar-refractivity contribution in [2.75, 3.05) is 13.2 Å². The predicted octanol–water partition coefficient (Wildman–Crippen LogP) is 1.55. The van der Waals surface area contributed by atoms with Crippen LogP contribution in [0.3, 0.4) is 0 Å². The molecule has 0 spiro atoms. The Bertz CT molecular complexity index is 953. The van der Waals surface area contributed by atoms with Crippen LogP contribution in [-0.2, 0) is 22.5 Å². The van der Waals surface area contributed by atoms with Gasteiger partial charge in [-0.25, -0.2) is 4.68 Å². The highest BCUT2D eigenvalue weighted by Gasteiger charge is 2.15. The molecule has 0 radical (unpaired) electrons. The molecule has 3 heterocycles. The van der Waals surface area contributed by atoms with Crippen LogP contribution >= 0.6 is 11.3 Å². The Morgan fingerprint density at radius 2 is 2.38 bits per heavy atom. The zero-order chi connectivity index (χ0) is 17.1. The third-order valence-corrected chi connectivity index (χ3v) is 4.54. The molecule has 0 bridgehead atoms. The van der Waals surface area contributed by atoms with Crippen molar-refractivity contribution < 1.29 is 9.53 Å². The van der Waals surface area contributed by atoms with Crippen molar-refractivity contribution in [1.29, 1.82) is 0 Å². The molecule has 0 saturated heterocycles. The first-order chi connectivity index (χ1) is 11.7. The molecule has 8 heteroatoms. The summed E-state index contributed by atoms with van der Waals surface area (Å²) in [6.45, 7) is 5.98. The van der Waals surface area contributed by atoms with Crippen LogP contribution in [0.2, 0.25) is 0 Å². The maximum absolute atomic E-state index is 12.6. The molecular weight excluding hydrogens is 328 g/mol. The largest absolute Gasteiger partial charge is 0.500 e. The van der Waals surface area contributed by atoms with E-state index in [1.807, 2.05) is 28.8 Å². The number of ether oxygens (including phenoxy) is 1. The van der Waals surface area contributed by atoms with Crippen LogP contribution in [0.15, 0.2) is 35.1 Å². The van der Waals surface area contributed by atoms with Gasteiger partial charge in [-0.3, -0.25) is 14.0 Å². The summed E-state index contributed by atoms with van der Waals surface area (Å²) in [5.74, 6) is 0.474. The molecule has 0 aliphatic heterocycles. The highest BCUT2D eigenvalue weighted by Crippen LogP contribution is 2.24. The average molecular weight is 346 g/mol. The third-order valence-electron chi connectivity index (χ3n) is 3.63. The van der Waals surface area contributed by atoms with Crippen LogP contribution in [0.5, 0.6) is 0 Å². The van der Waals surface area contributed by atoms with E-state index < -0.39 is 0 Å². The lowest BCUT2D eigenvalue weighted by molar-refractivity contribution is -0.122. The lowest BCUT2D eigenvalue weighted by Gasteiger charge is -2.10. The molecule has 0 atom stereocenters. The minimum atomic E-state index is -0.281. The molecule has 3 aromatic rings. The minimum Gasteiger partial charge on any atom is -0.500 e. The number of hydrogen-bond donors (Lipinski definition) is 1. The smallest absolute Gasteiger partial charge is 0.291 e. The molecule has 24 heavy (non-hydrogen) atoms. The number of hydrogen-bond acceptors (Lipinski definition) is 5. The van der Waals surface area contributed by atoms with Crippen LogP contribution in [-0.4, -0.2) is 33.2 Å². The van der Waals surface area contributed by atoms with Gasteiger partial charge >= 0.3 is 0 Å². The molecule has 0 saturated carbocycles. The van der Waals surface area contributed by atoms with Crippen LogP contribution < -0.4 is 10.9 Å². The van der Waals surface area contributed by atoms with Crippen molar-refractivity contribution in [3.8, 4) is 0 Å². The number of carbonyl (C=O) groups is 1. The van der Waals surface area contributed by atoms with Crippen molar-refractivity contribution in [2.24, 2.45) is 0 Å². The summed E-state index contributed by atoms with van der Waals surface area (Å²) in [7, 11) is 0. The second-order valence-electron chi connectivity index (χ2n) is 5.17. The van der Waals surface area contributed by atoms with Crippen LogP contribution in [0.4, 0.5) is 0 Å². The summed E-state index contributed by atoms with van der Waals surface area (Å²) in [5, 5.41) is 10.1. The molecule has 0 unspecified atom stereocenters. The van der Waals surface area contributed by atoms with Gasteiger partial charge < -0.3 is 10.1 Å². The van der Waals surface area contributed by atoms with Gasteiger partial charge in [0.25, 0.3) is 5.56 Å².